The van der Waals surface area contributed by atoms with E-state index in [2.05, 4.69) is 17.1 Å². The number of hydrogen-bond acceptors (Lipinski definition) is 3. The third kappa shape index (κ3) is 5.98. The fourth-order valence-electron chi connectivity index (χ4n) is 4.12. The summed E-state index contributed by atoms with van der Waals surface area (Å²) < 4.78 is 26.9. The van der Waals surface area contributed by atoms with Crippen LogP contribution < -0.4 is 5.32 Å². The van der Waals surface area contributed by atoms with Crippen LogP contribution in [0.5, 0.6) is 0 Å². The smallest absolute Gasteiger partial charge is 0.256 e. The molecule has 0 unspecified atom stereocenters. The van der Waals surface area contributed by atoms with Gasteiger partial charge in [-0.15, -0.1) is 0 Å². The van der Waals surface area contributed by atoms with Crippen LogP contribution in [0.15, 0.2) is 18.2 Å². The zero-order valence-corrected chi connectivity index (χ0v) is 17.1. The Morgan fingerprint density at radius 1 is 1.07 bits per heavy atom. The number of hydrogen-bond donors (Lipinski definition) is 1. The summed E-state index contributed by atoms with van der Waals surface area (Å²) in [6.45, 7) is 7.09. The molecule has 2 amide bonds. The highest BCUT2D eigenvalue weighted by Crippen LogP contribution is 2.21. The van der Waals surface area contributed by atoms with Crippen molar-refractivity contribution in [3.8, 4) is 0 Å². The monoisotopic (exact) mass is 407 g/mol. The van der Waals surface area contributed by atoms with Crippen molar-refractivity contribution in [2.45, 2.75) is 39.0 Å². The molecule has 2 fully saturated rings. The number of benzene rings is 1. The van der Waals surface area contributed by atoms with E-state index in [9.17, 15) is 18.4 Å². The minimum absolute atomic E-state index is 0.0392. The van der Waals surface area contributed by atoms with Crippen LogP contribution in [0.25, 0.3) is 0 Å². The molecule has 2 heterocycles. The zero-order chi connectivity index (χ0) is 20.8. The van der Waals surface area contributed by atoms with Crippen molar-refractivity contribution in [3.05, 3.63) is 35.4 Å². The lowest BCUT2D eigenvalue weighted by atomic mass is 9.95. The van der Waals surface area contributed by atoms with Gasteiger partial charge in [0, 0.05) is 31.6 Å². The van der Waals surface area contributed by atoms with Crippen molar-refractivity contribution in [3.63, 3.8) is 0 Å². The van der Waals surface area contributed by atoms with E-state index in [0.29, 0.717) is 32.5 Å². The van der Waals surface area contributed by atoms with E-state index in [-0.39, 0.29) is 17.4 Å². The molecule has 2 aliphatic rings. The molecule has 2 aliphatic heterocycles. The number of halogens is 2. The lowest BCUT2D eigenvalue weighted by Crippen LogP contribution is -2.43. The molecule has 160 valence electrons. The number of amides is 2. The van der Waals surface area contributed by atoms with E-state index in [1.165, 1.54) is 23.8 Å². The molecule has 0 atom stereocenters. The molecule has 0 aliphatic carbocycles. The standard InChI is InChI=1S/C22H31F2N3O2/c1-16-5-11-26(12-6-16)10-2-9-25-21(28)17-7-13-27(14-8-17)22(29)19-4-3-18(23)15-20(19)24/h3-4,15-17H,2,5-14H2,1H3,(H,25,28). The van der Waals surface area contributed by atoms with E-state index in [4.69, 9.17) is 0 Å². The fraction of sp³-hybridized carbons (Fsp3) is 0.636. The number of carbonyl (C=O) groups excluding carboxylic acids is 2. The van der Waals surface area contributed by atoms with Gasteiger partial charge in [0.25, 0.3) is 5.91 Å². The molecule has 0 spiro atoms. The van der Waals surface area contributed by atoms with Crippen molar-refractivity contribution in [1.82, 2.24) is 15.1 Å². The lowest BCUT2D eigenvalue weighted by molar-refractivity contribution is -0.126. The molecule has 1 aromatic carbocycles. The molecular formula is C22H31F2N3O2. The fourth-order valence-corrected chi connectivity index (χ4v) is 4.12. The number of piperidine rings is 2. The van der Waals surface area contributed by atoms with Gasteiger partial charge >= 0.3 is 0 Å². The normalized spacial score (nSPS) is 19.3. The maximum absolute atomic E-state index is 13.8. The lowest BCUT2D eigenvalue weighted by Gasteiger charge is -2.32. The van der Waals surface area contributed by atoms with Gasteiger partial charge < -0.3 is 15.1 Å². The molecule has 0 radical (unpaired) electrons. The highest BCUT2D eigenvalue weighted by Gasteiger charge is 2.28. The molecule has 0 bridgehead atoms. The molecule has 29 heavy (non-hydrogen) atoms. The van der Waals surface area contributed by atoms with Gasteiger partial charge in [-0.3, -0.25) is 9.59 Å². The van der Waals surface area contributed by atoms with Gasteiger partial charge in [-0.1, -0.05) is 6.92 Å². The van der Waals surface area contributed by atoms with Gasteiger partial charge in [0.2, 0.25) is 5.91 Å². The Labute approximate surface area is 171 Å². The van der Waals surface area contributed by atoms with Crippen LogP contribution in [0.2, 0.25) is 0 Å². The first-order valence-corrected chi connectivity index (χ1v) is 10.7. The second-order valence-corrected chi connectivity index (χ2v) is 8.36. The Morgan fingerprint density at radius 2 is 1.76 bits per heavy atom. The number of carbonyl (C=O) groups is 2. The molecule has 3 rings (SSSR count). The first-order valence-electron chi connectivity index (χ1n) is 10.7. The topological polar surface area (TPSA) is 52.7 Å². The van der Waals surface area contributed by atoms with E-state index in [1.807, 2.05) is 0 Å². The largest absolute Gasteiger partial charge is 0.356 e. The van der Waals surface area contributed by atoms with E-state index in [1.54, 1.807) is 0 Å². The van der Waals surface area contributed by atoms with Gasteiger partial charge in [-0.2, -0.15) is 0 Å². The third-order valence-corrected chi connectivity index (χ3v) is 6.14. The number of likely N-dealkylation sites (tertiary alicyclic amines) is 2. The van der Waals surface area contributed by atoms with E-state index >= 15 is 0 Å². The van der Waals surface area contributed by atoms with E-state index in [0.717, 1.165) is 44.1 Å². The van der Waals surface area contributed by atoms with E-state index < -0.39 is 17.5 Å². The van der Waals surface area contributed by atoms with Crippen LogP contribution in [0.4, 0.5) is 8.78 Å². The highest BCUT2D eigenvalue weighted by atomic mass is 19.1. The summed E-state index contributed by atoms with van der Waals surface area (Å²) in [5, 5.41) is 3.02. The van der Waals surface area contributed by atoms with Crippen LogP contribution in [0.3, 0.4) is 0 Å². The highest BCUT2D eigenvalue weighted by molar-refractivity contribution is 5.94. The van der Waals surface area contributed by atoms with Crippen molar-refractivity contribution in [1.29, 1.82) is 0 Å². The van der Waals surface area contributed by atoms with Gasteiger partial charge in [-0.25, -0.2) is 8.78 Å². The number of nitrogens with zero attached hydrogens (tertiary/aromatic N) is 2. The average molecular weight is 408 g/mol. The Bertz CT molecular complexity index is 712. The van der Waals surface area contributed by atoms with Crippen molar-refractivity contribution < 1.29 is 18.4 Å². The maximum atomic E-state index is 13.8. The minimum atomic E-state index is -0.849. The second-order valence-electron chi connectivity index (χ2n) is 8.36. The van der Waals surface area contributed by atoms with Crippen molar-refractivity contribution in [2.75, 3.05) is 39.3 Å². The summed E-state index contributed by atoms with van der Waals surface area (Å²) in [6, 6.07) is 2.98. The molecule has 1 N–H and O–H groups in total. The van der Waals surface area contributed by atoms with Crippen LogP contribution in [0, 0.1) is 23.5 Å². The second kappa shape index (κ2) is 10.1. The van der Waals surface area contributed by atoms with Crippen molar-refractivity contribution in [2.24, 2.45) is 11.8 Å². The predicted octanol–water partition coefficient (Wildman–Crippen LogP) is 3.06. The third-order valence-electron chi connectivity index (χ3n) is 6.14. The average Bonchev–Trinajstić information content (AvgIpc) is 2.72. The molecule has 1 aromatic rings. The number of nitrogens with one attached hydrogen (secondary N) is 1. The van der Waals surface area contributed by atoms with Crippen molar-refractivity contribution >= 4 is 11.8 Å². The summed E-state index contributed by atoms with van der Waals surface area (Å²) in [5.41, 5.74) is -0.124. The molecule has 2 saturated heterocycles. The Morgan fingerprint density at radius 3 is 2.41 bits per heavy atom. The quantitative estimate of drug-likeness (QED) is 0.738. The molecule has 0 aromatic heterocycles. The maximum Gasteiger partial charge on any atom is 0.256 e. The zero-order valence-electron chi connectivity index (χ0n) is 17.1. The van der Waals surface area contributed by atoms with Gasteiger partial charge in [0.1, 0.15) is 11.6 Å². The molecule has 0 saturated carbocycles. The Balaban J connectivity index is 1.36. The summed E-state index contributed by atoms with van der Waals surface area (Å²) in [6.07, 6.45) is 4.58. The molecule has 7 heteroatoms. The van der Waals surface area contributed by atoms with Gasteiger partial charge in [0.15, 0.2) is 0 Å². The first kappa shape index (κ1) is 21.7. The molecule has 5 nitrogen and oxygen atoms in total. The van der Waals surface area contributed by atoms with Crippen LogP contribution in [0.1, 0.15) is 49.4 Å². The minimum Gasteiger partial charge on any atom is -0.356 e. The van der Waals surface area contributed by atoms with Gasteiger partial charge in [0.05, 0.1) is 5.56 Å². The summed E-state index contributed by atoms with van der Waals surface area (Å²) in [4.78, 5) is 28.9. The van der Waals surface area contributed by atoms with Crippen LogP contribution in [-0.2, 0) is 4.79 Å². The van der Waals surface area contributed by atoms with Crippen LogP contribution >= 0.6 is 0 Å². The predicted molar refractivity (Wildman–Crippen MR) is 107 cm³/mol. The summed E-state index contributed by atoms with van der Waals surface area (Å²) >= 11 is 0. The Kier molecular flexibility index (Phi) is 7.58. The SMILES string of the molecule is CC1CCN(CCCNC(=O)C2CCN(C(=O)c3ccc(F)cc3F)CC2)CC1. The summed E-state index contributed by atoms with van der Waals surface area (Å²) in [5.74, 6) is -1.26. The number of rotatable bonds is 6. The molecular weight excluding hydrogens is 376 g/mol. The Hall–Kier alpha value is -2.02. The van der Waals surface area contributed by atoms with Gasteiger partial charge in [-0.05, 0) is 69.8 Å². The summed E-state index contributed by atoms with van der Waals surface area (Å²) in [7, 11) is 0. The first-order chi connectivity index (χ1) is 13.9. The van der Waals surface area contributed by atoms with Crippen LogP contribution in [-0.4, -0.2) is 60.9 Å².